The molecule has 0 spiro atoms. The molecule has 1 aromatic heterocycles. The lowest BCUT2D eigenvalue weighted by Crippen LogP contribution is -2.14. The van der Waals surface area contributed by atoms with Crippen LogP contribution in [-0.4, -0.2) is 24.3 Å². The summed E-state index contributed by atoms with van der Waals surface area (Å²) in [6.07, 6.45) is 0.561. The van der Waals surface area contributed by atoms with E-state index in [4.69, 9.17) is 10.5 Å². The van der Waals surface area contributed by atoms with Crippen LogP contribution in [0.5, 0.6) is 0 Å². The molecule has 1 rings (SSSR count). The van der Waals surface area contributed by atoms with Crippen LogP contribution in [0.3, 0.4) is 0 Å². The molecule has 0 aliphatic rings. The van der Waals surface area contributed by atoms with Gasteiger partial charge in [0.1, 0.15) is 11.4 Å². The molecule has 1 amide bonds. The van der Waals surface area contributed by atoms with Crippen molar-refractivity contribution in [2.24, 2.45) is 5.73 Å². The first-order valence-electron chi connectivity index (χ1n) is 3.92. The van der Waals surface area contributed by atoms with Crippen LogP contribution in [0.2, 0.25) is 0 Å². The van der Waals surface area contributed by atoms with Crippen LogP contribution in [0.1, 0.15) is 26.5 Å². The highest BCUT2D eigenvalue weighted by molar-refractivity contribution is 5.91. The summed E-state index contributed by atoms with van der Waals surface area (Å²) in [7, 11) is 1.52. The molecule has 14 heavy (non-hydrogen) atoms. The van der Waals surface area contributed by atoms with Crippen LogP contribution < -0.4 is 5.73 Å². The van der Waals surface area contributed by atoms with Crippen LogP contribution in [0, 0.1) is 0 Å². The van der Waals surface area contributed by atoms with Crippen molar-refractivity contribution in [1.29, 1.82) is 0 Å². The Morgan fingerprint density at radius 1 is 1.64 bits per heavy atom. The zero-order valence-corrected chi connectivity index (χ0v) is 7.69. The average molecular weight is 194 g/mol. The number of aldehydes is 1. The Labute approximate surface area is 80.9 Å². The summed E-state index contributed by atoms with van der Waals surface area (Å²) in [4.78, 5) is 25.0. The predicted molar refractivity (Wildman–Crippen MR) is 48.9 cm³/mol. The molecule has 0 saturated heterocycles. The maximum atomic E-state index is 10.8. The van der Waals surface area contributed by atoms with E-state index in [2.05, 4.69) is 4.98 Å². The van der Waals surface area contributed by atoms with Crippen molar-refractivity contribution in [3.63, 3.8) is 0 Å². The molecule has 0 aliphatic heterocycles. The van der Waals surface area contributed by atoms with Gasteiger partial charge in [-0.1, -0.05) is 0 Å². The number of carbonyl (C=O) groups excluding carboxylic acids is 2. The number of hydrogen-bond donors (Lipinski definition) is 1. The molecular weight excluding hydrogens is 184 g/mol. The number of ether oxygens (including phenoxy) is 1. The lowest BCUT2D eigenvalue weighted by molar-refractivity contribution is 0.0995. The first-order valence-corrected chi connectivity index (χ1v) is 3.92. The maximum absolute atomic E-state index is 10.8. The van der Waals surface area contributed by atoms with Gasteiger partial charge in [0.05, 0.1) is 6.61 Å². The van der Waals surface area contributed by atoms with Gasteiger partial charge in [0.2, 0.25) is 0 Å². The third-order valence-electron chi connectivity index (χ3n) is 1.59. The van der Waals surface area contributed by atoms with Crippen molar-refractivity contribution in [1.82, 2.24) is 4.98 Å². The molecular formula is C9H10N2O3. The molecule has 0 fully saturated rings. The third-order valence-corrected chi connectivity index (χ3v) is 1.59. The van der Waals surface area contributed by atoms with E-state index >= 15 is 0 Å². The zero-order valence-electron chi connectivity index (χ0n) is 7.69. The standard InChI is InChI=1S/C9H10N2O3/c1-14-5-6-2-7(4-12)11-8(3-6)9(10)13/h2-4H,5H2,1H3,(H2,10,13). The van der Waals surface area contributed by atoms with Gasteiger partial charge in [0.25, 0.3) is 5.91 Å². The summed E-state index contributed by atoms with van der Waals surface area (Å²) in [5.74, 6) is -0.661. The second-order valence-corrected chi connectivity index (χ2v) is 2.70. The predicted octanol–water partition coefficient (Wildman–Crippen LogP) is 0.139. The Bertz CT molecular complexity index is 363. The summed E-state index contributed by atoms with van der Waals surface area (Å²) in [5.41, 5.74) is 5.98. The maximum Gasteiger partial charge on any atom is 0.267 e. The molecule has 5 nitrogen and oxygen atoms in total. The van der Waals surface area contributed by atoms with Gasteiger partial charge in [-0.25, -0.2) is 4.98 Å². The van der Waals surface area contributed by atoms with Crippen molar-refractivity contribution in [2.45, 2.75) is 6.61 Å². The topological polar surface area (TPSA) is 82.3 Å². The minimum atomic E-state index is -0.661. The Hall–Kier alpha value is -1.75. The molecule has 0 bridgehead atoms. The van der Waals surface area contributed by atoms with E-state index < -0.39 is 5.91 Å². The van der Waals surface area contributed by atoms with Crippen LogP contribution >= 0.6 is 0 Å². The third kappa shape index (κ3) is 2.37. The smallest absolute Gasteiger partial charge is 0.267 e. The summed E-state index contributed by atoms with van der Waals surface area (Å²) in [6.45, 7) is 0.309. The highest BCUT2D eigenvalue weighted by Crippen LogP contribution is 2.05. The van der Waals surface area contributed by atoms with E-state index in [9.17, 15) is 9.59 Å². The lowest BCUT2D eigenvalue weighted by Gasteiger charge is -2.02. The fraction of sp³-hybridized carbons (Fsp3) is 0.222. The minimum Gasteiger partial charge on any atom is -0.380 e. The molecule has 0 atom stereocenters. The van der Waals surface area contributed by atoms with E-state index in [0.29, 0.717) is 18.5 Å². The second-order valence-electron chi connectivity index (χ2n) is 2.70. The van der Waals surface area contributed by atoms with Crippen LogP contribution in [-0.2, 0) is 11.3 Å². The number of nitrogens with two attached hydrogens (primary N) is 1. The molecule has 5 heteroatoms. The fourth-order valence-corrected chi connectivity index (χ4v) is 1.05. The largest absolute Gasteiger partial charge is 0.380 e. The van der Waals surface area contributed by atoms with Crippen LogP contribution in [0.15, 0.2) is 12.1 Å². The summed E-state index contributed by atoms with van der Waals surface area (Å²) >= 11 is 0. The minimum absolute atomic E-state index is 0.0710. The highest BCUT2D eigenvalue weighted by Gasteiger charge is 2.06. The number of carbonyl (C=O) groups is 2. The van der Waals surface area contributed by atoms with Gasteiger partial charge in [0, 0.05) is 7.11 Å². The van der Waals surface area contributed by atoms with E-state index in [0.717, 1.165) is 0 Å². The van der Waals surface area contributed by atoms with Crippen molar-refractivity contribution in [3.05, 3.63) is 29.1 Å². The second kappa shape index (κ2) is 4.48. The Kier molecular flexibility index (Phi) is 3.30. The normalized spacial score (nSPS) is 9.79. The van der Waals surface area contributed by atoms with Crippen LogP contribution in [0.4, 0.5) is 0 Å². The average Bonchev–Trinajstić information content (AvgIpc) is 2.17. The number of methoxy groups -OCH3 is 1. The molecule has 0 saturated carbocycles. The number of aromatic nitrogens is 1. The number of hydrogen-bond acceptors (Lipinski definition) is 4. The molecule has 1 aromatic rings. The highest BCUT2D eigenvalue weighted by atomic mass is 16.5. The van der Waals surface area contributed by atoms with Crippen molar-refractivity contribution in [2.75, 3.05) is 7.11 Å². The van der Waals surface area contributed by atoms with Gasteiger partial charge in [0.15, 0.2) is 6.29 Å². The molecule has 0 aliphatic carbocycles. The first kappa shape index (κ1) is 10.3. The van der Waals surface area contributed by atoms with E-state index in [1.54, 1.807) is 6.07 Å². The monoisotopic (exact) mass is 194 g/mol. The SMILES string of the molecule is COCc1cc(C=O)nc(C(N)=O)c1. The quantitative estimate of drug-likeness (QED) is 0.691. The zero-order chi connectivity index (χ0) is 10.6. The van der Waals surface area contributed by atoms with Gasteiger partial charge < -0.3 is 10.5 Å². The number of amides is 1. The van der Waals surface area contributed by atoms with Crippen molar-refractivity contribution < 1.29 is 14.3 Å². The molecule has 0 aromatic carbocycles. The number of rotatable bonds is 4. The van der Waals surface area contributed by atoms with Gasteiger partial charge in [-0.2, -0.15) is 0 Å². The van der Waals surface area contributed by atoms with Gasteiger partial charge in [-0.15, -0.1) is 0 Å². The van der Waals surface area contributed by atoms with E-state index in [1.807, 2.05) is 0 Å². The van der Waals surface area contributed by atoms with Crippen molar-refractivity contribution in [3.8, 4) is 0 Å². The molecule has 0 radical (unpaired) electrons. The van der Waals surface area contributed by atoms with Crippen LogP contribution in [0.25, 0.3) is 0 Å². The van der Waals surface area contributed by atoms with Gasteiger partial charge in [-0.3, -0.25) is 9.59 Å². The number of pyridine rings is 1. The van der Waals surface area contributed by atoms with E-state index in [-0.39, 0.29) is 11.4 Å². The Morgan fingerprint density at radius 3 is 2.86 bits per heavy atom. The van der Waals surface area contributed by atoms with Crippen molar-refractivity contribution >= 4 is 12.2 Å². The summed E-state index contributed by atoms with van der Waals surface area (Å²) in [6, 6.07) is 3.04. The van der Waals surface area contributed by atoms with Gasteiger partial charge in [-0.05, 0) is 17.7 Å². The Morgan fingerprint density at radius 2 is 2.36 bits per heavy atom. The molecule has 74 valence electrons. The lowest BCUT2D eigenvalue weighted by atomic mass is 10.2. The summed E-state index contributed by atoms with van der Waals surface area (Å²) in [5, 5.41) is 0. The first-order chi connectivity index (χ1) is 6.67. The fourth-order valence-electron chi connectivity index (χ4n) is 1.05. The van der Waals surface area contributed by atoms with E-state index in [1.165, 1.54) is 13.2 Å². The molecule has 0 unspecified atom stereocenters. The van der Waals surface area contributed by atoms with Gasteiger partial charge >= 0.3 is 0 Å². The molecule has 1 heterocycles. The number of primary amides is 1. The number of nitrogens with zero attached hydrogens (tertiary/aromatic N) is 1. The summed E-state index contributed by atoms with van der Waals surface area (Å²) < 4.78 is 4.87. The Balaban J connectivity index is 3.12. The molecule has 2 N–H and O–H groups in total.